The summed E-state index contributed by atoms with van der Waals surface area (Å²) in [6, 6.07) is 20.4. The van der Waals surface area contributed by atoms with Gasteiger partial charge in [-0.1, -0.05) is 36.4 Å². The Balaban J connectivity index is 1.65. The number of ether oxygens (including phenoxy) is 1. The van der Waals surface area contributed by atoms with Crippen LogP contribution in [0.4, 0.5) is 5.69 Å². The van der Waals surface area contributed by atoms with Crippen molar-refractivity contribution in [2.75, 3.05) is 10.8 Å². The van der Waals surface area contributed by atoms with Gasteiger partial charge in [-0.15, -0.1) is 0 Å². The van der Waals surface area contributed by atoms with Gasteiger partial charge in [-0.05, 0) is 73.2 Å². The van der Waals surface area contributed by atoms with E-state index in [9.17, 15) is 13.2 Å². The van der Waals surface area contributed by atoms with Crippen molar-refractivity contribution in [2.24, 2.45) is 5.92 Å². The molecule has 0 unspecified atom stereocenters. The second-order valence-electron chi connectivity index (χ2n) is 8.05. The SMILES string of the molecule is Cc1ccc(N(CC2CC2)S(=O)(=O)c2ccccc2)c(OCc2ccc(C(=O)O)cc2)c1. The molecule has 166 valence electrons. The number of carboxylic acid groups (broad SMARTS) is 1. The molecule has 1 aliphatic carbocycles. The van der Waals surface area contributed by atoms with Crippen LogP contribution in [0.5, 0.6) is 5.75 Å². The zero-order valence-electron chi connectivity index (χ0n) is 17.8. The van der Waals surface area contributed by atoms with Crippen LogP contribution in [0.25, 0.3) is 0 Å². The lowest BCUT2D eigenvalue weighted by Crippen LogP contribution is -2.33. The largest absolute Gasteiger partial charge is 0.487 e. The van der Waals surface area contributed by atoms with Gasteiger partial charge in [0.05, 0.1) is 16.1 Å². The molecule has 6 nitrogen and oxygen atoms in total. The lowest BCUT2D eigenvalue weighted by atomic mass is 10.1. The third-order valence-corrected chi connectivity index (χ3v) is 7.23. The summed E-state index contributed by atoms with van der Waals surface area (Å²) in [6.45, 7) is 2.53. The van der Waals surface area contributed by atoms with Crippen molar-refractivity contribution in [3.63, 3.8) is 0 Å². The van der Waals surface area contributed by atoms with Gasteiger partial charge in [-0.25, -0.2) is 13.2 Å². The summed E-state index contributed by atoms with van der Waals surface area (Å²) in [6.07, 6.45) is 2.03. The summed E-state index contributed by atoms with van der Waals surface area (Å²) < 4.78 is 34.6. The minimum atomic E-state index is -3.75. The van der Waals surface area contributed by atoms with Crippen molar-refractivity contribution in [2.45, 2.75) is 31.3 Å². The molecule has 7 heteroatoms. The molecule has 0 aliphatic heterocycles. The van der Waals surface area contributed by atoms with Crippen LogP contribution in [-0.2, 0) is 16.6 Å². The van der Waals surface area contributed by atoms with Gasteiger partial charge in [-0.2, -0.15) is 0 Å². The fourth-order valence-corrected chi connectivity index (χ4v) is 5.00. The zero-order chi connectivity index (χ0) is 22.7. The van der Waals surface area contributed by atoms with Crippen LogP contribution in [-0.4, -0.2) is 26.0 Å². The van der Waals surface area contributed by atoms with Crippen LogP contribution in [0, 0.1) is 12.8 Å². The third kappa shape index (κ3) is 4.94. The Labute approximate surface area is 188 Å². The number of rotatable bonds is 9. The molecule has 0 bridgehead atoms. The number of hydrogen-bond donors (Lipinski definition) is 1. The van der Waals surface area contributed by atoms with Crippen LogP contribution < -0.4 is 9.04 Å². The average Bonchev–Trinajstić information content (AvgIpc) is 3.61. The Kier molecular flexibility index (Phi) is 6.19. The van der Waals surface area contributed by atoms with E-state index in [1.54, 1.807) is 48.5 Å². The van der Waals surface area contributed by atoms with Gasteiger partial charge >= 0.3 is 5.97 Å². The number of aromatic carboxylic acids is 1. The van der Waals surface area contributed by atoms with Gasteiger partial charge in [0.25, 0.3) is 10.0 Å². The summed E-state index contributed by atoms with van der Waals surface area (Å²) in [5.41, 5.74) is 2.46. The highest BCUT2D eigenvalue weighted by Crippen LogP contribution is 2.38. The van der Waals surface area contributed by atoms with Crippen molar-refractivity contribution in [3.05, 3.63) is 89.5 Å². The van der Waals surface area contributed by atoms with Crippen molar-refractivity contribution in [3.8, 4) is 5.75 Å². The number of carbonyl (C=O) groups is 1. The number of anilines is 1. The van der Waals surface area contributed by atoms with Crippen LogP contribution in [0.3, 0.4) is 0 Å². The minimum absolute atomic E-state index is 0.193. The fraction of sp³-hybridized carbons (Fsp3) is 0.240. The van der Waals surface area contributed by atoms with Gasteiger partial charge < -0.3 is 9.84 Å². The van der Waals surface area contributed by atoms with E-state index in [1.807, 2.05) is 19.1 Å². The molecular formula is C25H25NO5S. The summed E-state index contributed by atoms with van der Waals surface area (Å²) in [5, 5.41) is 9.07. The standard InChI is InChI=1S/C25H25NO5S/c1-18-7-14-23(24(15-18)31-17-20-10-12-21(13-11-20)25(27)28)26(16-19-8-9-19)32(29,30)22-5-3-2-4-6-22/h2-7,10-15,19H,8-9,16-17H2,1H3,(H,27,28). The minimum Gasteiger partial charge on any atom is -0.487 e. The Morgan fingerprint density at radius 2 is 1.72 bits per heavy atom. The Morgan fingerprint density at radius 1 is 1.03 bits per heavy atom. The van der Waals surface area contributed by atoms with Crippen LogP contribution in [0.2, 0.25) is 0 Å². The van der Waals surface area contributed by atoms with Gasteiger partial charge in [0, 0.05) is 6.54 Å². The Hall–Kier alpha value is -3.32. The van der Waals surface area contributed by atoms with E-state index < -0.39 is 16.0 Å². The van der Waals surface area contributed by atoms with Crippen LogP contribution in [0.1, 0.15) is 34.3 Å². The summed E-state index contributed by atoms with van der Waals surface area (Å²) in [7, 11) is -3.75. The third-order valence-electron chi connectivity index (χ3n) is 5.43. The van der Waals surface area contributed by atoms with E-state index in [0.29, 0.717) is 23.9 Å². The predicted octanol–water partition coefficient (Wildman–Crippen LogP) is 4.88. The van der Waals surface area contributed by atoms with Crippen molar-refractivity contribution < 1.29 is 23.1 Å². The van der Waals surface area contributed by atoms with E-state index in [0.717, 1.165) is 24.0 Å². The number of benzene rings is 3. The molecule has 0 amide bonds. The number of nitrogens with zero attached hydrogens (tertiary/aromatic N) is 1. The topological polar surface area (TPSA) is 83.9 Å². The fourth-order valence-electron chi connectivity index (χ4n) is 3.43. The molecule has 0 atom stereocenters. The average molecular weight is 452 g/mol. The maximum Gasteiger partial charge on any atom is 0.335 e. The summed E-state index contributed by atoms with van der Waals surface area (Å²) in [4.78, 5) is 11.3. The van der Waals surface area contributed by atoms with E-state index in [4.69, 9.17) is 9.84 Å². The molecule has 1 fully saturated rings. The molecule has 3 aromatic rings. The van der Waals surface area contributed by atoms with Crippen molar-refractivity contribution >= 4 is 21.7 Å². The zero-order valence-corrected chi connectivity index (χ0v) is 18.6. The first kappa shape index (κ1) is 21.9. The van der Waals surface area contributed by atoms with Gasteiger partial charge in [-0.3, -0.25) is 4.31 Å². The first-order chi connectivity index (χ1) is 15.3. The second-order valence-corrected chi connectivity index (χ2v) is 9.92. The molecule has 0 spiro atoms. The number of sulfonamides is 1. The van der Waals surface area contributed by atoms with Gasteiger partial charge in [0.1, 0.15) is 12.4 Å². The van der Waals surface area contributed by atoms with Crippen molar-refractivity contribution in [1.82, 2.24) is 0 Å². The van der Waals surface area contributed by atoms with Crippen LogP contribution in [0.15, 0.2) is 77.7 Å². The van der Waals surface area contributed by atoms with E-state index in [2.05, 4.69) is 0 Å². The Bertz CT molecular complexity index is 1200. The van der Waals surface area contributed by atoms with Gasteiger partial charge in [0.2, 0.25) is 0 Å². The second kappa shape index (κ2) is 9.04. The molecule has 0 radical (unpaired) electrons. The van der Waals surface area contributed by atoms with Crippen LogP contribution >= 0.6 is 0 Å². The highest BCUT2D eigenvalue weighted by Gasteiger charge is 2.33. The molecule has 4 rings (SSSR count). The first-order valence-corrected chi connectivity index (χ1v) is 11.9. The smallest absolute Gasteiger partial charge is 0.335 e. The molecule has 1 saturated carbocycles. The highest BCUT2D eigenvalue weighted by atomic mass is 32.2. The number of carboxylic acids is 1. The van der Waals surface area contributed by atoms with Gasteiger partial charge in [0.15, 0.2) is 0 Å². The normalized spacial score (nSPS) is 13.5. The number of aryl methyl sites for hydroxylation is 1. The molecule has 0 saturated heterocycles. The molecule has 3 aromatic carbocycles. The molecule has 0 heterocycles. The number of hydrogen-bond acceptors (Lipinski definition) is 4. The maximum atomic E-state index is 13.5. The maximum absolute atomic E-state index is 13.5. The highest BCUT2D eigenvalue weighted by molar-refractivity contribution is 7.92. The lowest BCUT2D eigenvalue weighted by molar-refractivity contribution is 0.0697. The molecule has 0 aromatic heterocycles. The van der Waals surface area contributed by atoms with E-state index in [1.165, 1.54) is 16.4 Å². The Morgan fingerprint density at radius 3 is 2.34 bits per heavy atom. The molecule has 1 aliphatic rings. The van der Waals surface area contributed by atoms with E-state index >= 15 is 0 Å². The van der Waals surface area contributed by atoms with E-state index in [-0.39, 0.29) is 17.1 Å². The predicted molar refractivity (Wildman–Crippen MR) is 123 cm³/mol. The van der Waals surface area contributed by atoms with Crippen molar-refractivity contribution in [1.29, 1.82) is 0 Å². The quantitative estimate of drug-likeness (QED) is 0.501. The monoisotopic (exact) mass is 451 g/mol. The molecular weight excluding hydrogens is 426 g/mol. The summed E-state index contributed by atoms with van der Waals surface area (Å²) >= 11 is 0. The molecule has 1 N–H and O–H groups in total. The summed E-state index contributed by atoms with van der Waals surface area (Å²) in [5.74, 6) is -0.168. The molecule has 32 heavy (non-hydrogen) atoms. The first-order valence-electron chi connectivity index (χ1n) is 10.5. The lowest BCUT2D eigenvalue weighted by Gasteiger charge is -2.27.